The number of nitrogens with one attached hydrogen (secondary N) is 2. The topological polar surface area (TPSA) is 109 Å². The number of hydrogen-bond donors (Lipinski definition) is 2. The van der Waals surface area contributed by atoms with Crippen molar-refractivity contribution in [2.75, 3.05) is 56.6 Å². The van der Waals surface area contributed by atoms with Gasteiger partial charge in [0.05, 0.1) is 29.1 Å². The van der Waals surface area contributed by atoms with Crippen molar-refractivity contribution in [1.82, 2.24) is 4.90 Å². The fourth-order valence-electron chi connectivity index (χ4n) is 4.64. The summed E-state index contributed by atoms with van der Waals surface area (Å²) in [5.74, 6) is 0.445. The molecule has 10 nitrogen and oxygen atoms in total. The van der Waals surface area contributed by atoms with Gasteiger partial charge in [-0.25, -0.2) is 4.79 Å². The molecule has 2 amide bonds. The summed E-state index contributed by atoms with van der Waals surface area (Å²) in [5, 5.41) is 6.29. The summed E-state index contributed by atoms with van der Waals surface area (Å²) < 4.78 is 16.2. The van der Waals surface area contributed by atoms with Crippen LogP contribution in [0.3, 0.4) is 0 Å². The third-order valence-electron chi connectivity index (χ3n) is 6.86. The zero-order chi connectivity index (χ0) is 29.1. The summed E-state index contributed by atoms with van der Waals surface area (Å²) in [7, 11) is 5.62. The van der Waals surface area contributed by atoms with Crippen molar-refractivity contribution in [3.63, 3.8) is 0 Å². The maximum Gasteiger partial charge on any atom is 0.338 e. The summed E-state index contributed by atoms with van der Waals surface area (Å²) >= 11 is 0. The maximum atomic E-state index is 13.4. The van der Waals surface area contributed by atoms with Crippen LogP contribution in [0.4, 0.5) is 17.1 Å². The molecule has 0 aliphatic carbocycles. The van der Waals surface area contributed by atoms with Crippen LogP contribution in [0.1, 0.15) is 34.8 Å². The molecule has 2 N–H and O–H groups in total. The number of benzene rings is 3. The van der Waals surface area contributed by atoms with Gasteiger partial charge in [-0.2, -0.15) is 0 Å². The van der Waals surface area contributed by atoms with Gasteiger partial charge in [0.15, 0.2) is 11.5 Å². The Bertz CT molecular complexity index is 1530. The van der Waals surface area contributed by atoms with Gasteiger partial charge in [-0.05, 0) is 75.6 Å². The van der Waals surface area contributed by atoms with Crippen molar-refractivity contribution >= 4 is 46.1 Å². The second-order valence-electron chi connectivity index (χ2n) is 9.93. The van der Waals surface area contributed by atoms with Crippen LogP contribution in [-0.2, 0) is 14.3 Å². The number of hydrogen-bond acceptors (Lipinski definition) is 8. The molecule has 2 heterocycles. The highest BCUT2D eigenvalue weighted by Crippen LogP contribution is 2.41. The van der Waals surface area contributed by atoms with E-state index in [2.05, 4.69) is 10.6 Å². The first kappa shape index (κ1) is 27.7. The molecule has 0 radical (unpaired) electrons. The average Bonchev–Trinajstić information content (AvgIpc) is 3.57. The predicted molar refractivity (Wildman–Crippen MR) is 157 cm³/mol. The Morgan fingerprint density at radius 2 is 1.68 bits per heavy atom. The summed E-state index contributed by atoms with van der Waals surface area (Å²) in [4.78, 5) is 41.9. The van der Waals surface area contributed by atoms with Crippen LogP contribution in [0.2, 0.25) is 0 Å². The Labute approximate surface area is 238 Å². The molecular formula is C31H32N4O6. The van der Waals surface area contributed by atoms with Gasteiger partial charge in [0, 0.05) is 42.5 Å². The first-order valence-corrected chi connectivity index (χ1v) is 13.3. The van der Waals surface area contributed by atoms with Gasteiger partial charge in [-0.1, -0.05) is 6.07 Å². The molecule has 3 aromatic rings. The van der Waals surface area contributed by atoms with Gasteiger partial charge in [0.1, 0.15) is 0 Å². The quantitative estimate of drug-likeness (QED) is 0.294. The average molecular weight is 557 g/mol. The largest absolute Gasteiger partial charge is 0.462 e. The molecule has 0 saturated heterocycles. The lowest BCUT2D eigenvalue weighted by Crippen LogP contribution is -2.29. The molecule has 0 bridgehead atoms. The SMILES string of the molecule is CCOC(=O)c1ccc2c(c1)NC(=O)/C2=C(\Nc1ccc(N(C)C(=O)CCN(C)C)cc1)c1ccc2c(c1)OCO2. The van der Waals surface area contributed by atoms with Crippen molar-refractivity contribution in [3.05, 3.63) is 77.4 Å². The Morgan fingerprint density at radius 3 is 2.41 bits per heavy atom. The van der Waals surface area contributed by atoms with Gasteiger partial charge in [-0.3, -0.25) is 9.59 Å². The van der Waals surface area contributed by atoms with E-state index in [1.807, 2.05) is 55.4 Å². The minimum Gasteiger partial charge on any atom is -0.462 e. The minimum absolute atomic E-state index is 0.0176. The Morgan fingerprint density at radius 1 is 0.951 bits per heavy atom. The lowest BCUT2D eigenvalue weighted by Gasteiger charge is -2.20. The summed E-state index contributed by atoms with van der Waals surface area (Å²) in [6.45, 7) is 2.79. The highest BCUT2D eigenvalue weighted by atomic mass is 16.7. The third kappa shape index (κ3) is 5.87. The van der Waals surface area contributed by atoms with E-state index in [1.54, 1.807) is 43.1 Å². The van der Waals surface area contributed by atoms with Gasteiger partial charge >= 0.3 is 5.97 Å². The number of esters is 1. The molecule has 10 heteroatoms. The number of fused-ring (bicyclic) bond motifs is 2. The second kappa shape index (κ2) is 11.7. The normalized spacial score (nSPS) is 14.4. The number of amides is 2. The number of ether oxygens (including phenoxy) is 3. The Balaban J connectivity index is 1.50. The van der Waals surface area contributed by atoms with Crippen molar-refractivity contribution in [3.8, 4) is 11.5 Å². The van der Waals surface area contributed by atoms with Crippen LogP contribution in [0.15, 0.2) is 60.7 Å². The molecule has 212 valence electrons. The molecule has 41 heavy (non-hydrogen) atoms. The highest BCUT2D eigenvalue weighted by Gasteiger charge is 2.30. The molecule has 0 saturated carbocycles. The molecule has 0 aromatic heterocycles. The summed E-state index contributed by atoms with van der Waals surface area (Å²) in [5.41, 5.74) is 4.65. The molecule has 0 unspecified atom stereocenters. The zero-order valence-corrected chi connectivity index (χ0v) is 23.4. The number of rotatable bonds is 9. The smallest absolute Gasteiger partial charge is 0.338 e. The highest BCUT2D eigenvalue weighted by molar-refractivity contribution is 6.37. The monoisotopic (exact) mass is 556 g/mol. The zero-order valence-electron chi connectivity index (χ0n) is 23.4. The van der Waals surface area contributed by atoms with E-state index in [9.17, 15) is 14.4 Å². The number of anilines is 3. The van der Waals surface area contributed by atoms with Crippen LogP contribution in [-0.4, -0.2) is 63.8 Å². The molecule has 5 rings (SSSR count). The Kier molecular flexibility index (Phi) is 7.93. The number of carbonyl (C=O) groups excluding carboxylic acids is 3. The maximum absolute atomic E-state index is 13.4. The van der Waals surface area contributed by atoms with Gasteiger partial charge in [0.25, 0.3) is 5.91 Å². The number of carbonyl (C=O) groups is 3. The molecule has 0 atom stereocenters. The van der Waals surface area contributed by atoms with Crippen LogP contribution in [0.25, 0.3) is 11.3 Å². The van der Waals surface area contributed by atoms with E-state index < -0.39 is 5.97 Å². The third-order valence-corrected chi connectivity index (χ3v) is 6.86. The van der Waals surface area contributed by atoms with E-state index in [-0.39, 0.29) is 25.2 Å². The fourth-order valence-corrected chi connectivity index (χ4v) is 4.64. The van der Waals surface area contributed by atoms with Crippen molar-refractivity contribution < 1.29 is 28.6 Å². The minimum atomic E-state index is -0.457. The predicted octanol–water partition coefficient (Wildman–Crippen LogP) is 4.44. The van der Waals surface area contributed by atoms with Gasteiger partial charge in [-0.15, -0.1) is 0 Å². The van der Waals surface area contributed by atoms with E-state index in [0.29, 0.717) is 63.8 Å². The van der Waals surface area contributed by atoms with Crippen LogP contribution in [0, 0.1) is 0 Å². The lowest BCUT2D eigenvalue weighted by molar-refractivity contribution is -0.118. The molecular weight excluding hydrogens is 524 g/mol. The molecule has 0 spiro atoms. The van der Waals surface area contributed by atoms with Crippen molar-refractivity contribution in [2.24, 2.45) is 0 Å². The summed E-state index contributed by atoms with van der Waals surface area (Å²) in [6.07, 6.45) is 0.413. The lowest BCUT2D eigenvalue weighted by atomic mass is 9.98. The Hall–Kier alpha value is -4.83. The van der Waals surface area contributed by atoms with Crippen LogP contribution >= 0.6 is 0 Å². The van der Waals surface area contributed by atoms with Crippen LogP contribution in [0.5, 0.6) is 11.5 Å². The van der Waals surface area contributed by atoms with Crippen molar-refractivity contribution in [1.29, 1.82) is 0 Å². The van der Waals surface area contributed by atoms with Crippen molar-refractivity contribution in [2.45, 2.75) is 13.3 Å². The molecule has 2 aliphatic rings. The number of nitrogens with zero attached hydrogens (tertiary/aromatic N) is 2. The van der Waals surface area contributed by atoms with E-state index in [4.69, 9.17) is 14.2 Å². The van der Waals surface area contributed by atoms with Gasteiger partial charge in [0.2, 0.25) is 12.7 Å². The van der Waals surface area contributed by atoms with E-state index >= 15 is 0 Å². The van der Waals surface area contributed by atoms with E-state index in [1.165, 1.54) is 0 Å². The molecule has 2 aliphatic heterocycles. The standard InChI is InChI=1S/C31H32N4O6/c1-5-39-31(38)20-6-12-23-24(16-20)33-30(37)28(23)29(19-7-13-25-26(17-19)41-18-40-25)32-21-8-10-22(11-9-21)35(4)27(36)14-15-34(2)3/h6-13,16-17,32H,5,14-15,18H2,1-4H3,(H,33,37)/b29-28-. The first-order chi connectivity index (χ1) is 19.7. The second-order valence-corrected chi connectivity index (χ2v) is 9.93. The first-order valence-electron chi connectivity index (χ1n) is 13.3. The van der Waals surface area contributed by atoms with Crippen LogP contribution < -0.4 is 25.0 Å². The van der Waals surface area contributed by atoms with Gasteiger partial charge < -0.3 is 34.6 Å². The summed E-state index contributed by atoms with van der Waals surface area (Å²) in [6, 6.07) is 17.9. The fraction of sp³-hybridized carbons (Fsp3) is 0.258. The molecule has 0 fully saturated rings. The molecule has 3 aromatic carbocycles. The van der Waals surface area contributed by atoms with E-state index in [0.717, 1.165) is 5.69 Å².